The summed E-state index contributed by atoms with van der Waals surface area (Å²) in [7, 11) is 1.89. The van der Waals surface area contributed by atoms with Gasteiger partial charge in [-0.1, -0.05) is 24.3 Å². The molecule has 2 aliphatic rings. The van der Waals surface area contributed by atoms with E-state index in [-0.39, 0.29) is 5.91 Å². The lowest BCUT2D eigenvalue weighted by Crippen LogP contribution is -2.36. The molecule has 0 saturated carbocycles. The van der Waals surface area contributed by atoms with Crippen molar-refractivity contribution >= 4 is 11.9 Å². The van der Waals surface area contributed by atoms with Crippen LogP contribution in [0.1, 0.15) is 32.7 Å². The average Bonchev–Trinajstić information content (AvgIpc) is 3.57. The van der Waals surface area contributed by atoms with Gasteiger partial charge in [-0.05, 0) is 24.0 Å². The summed E-state index contributed by atoms with van der Waals surface area (Å²) in [6, 6.07) is 8.87. The van der Waals surface area contributed by atoms with Crippen molar-refractivity contribution in [1.82, 2.24) is 34.6 Å². The first-order valence-electron chi connectivity index (χ1n) is 11.1. The molecule has 33 heavy (non-hydrogen) atoms. The van der Waals surface area contributed by atoms with Crippen LogP contribution >= 0.6 is 0 Å². The molecule has 1 aromatic carbocycles. The van der Waals surface area contributed by atoms with Crippen molar-refractivity contribution in [2.75, 3.05) is 11.9 Å². The summed E-state index contributed by atoms with van der Waals surface area (Å²) in [6.45, 7) is 1.09. The van der Waals surface area contributed by atoms with Crippen molar-refractivity contribution in [3.8, 4) is 11.4 Å². The number of H-pyrrole nitrogens is 1. The molecule has 0 radical (unpaired) electrons. The first kappa shape index (κ1) is 19.7. The molecule has 0 spiro atoms. The molecule has 9 nitrogen and oxygen atoms in total. The Morgan fingerprint density at radius 3 is 2.70 bits per heavy atom. The zero-order valence-corrected chi connectivity index (χ0v) is 18.3. The Labute approximate surface area is 190 Å². The maximum atomic E-state index is 13.3. The third-order valence-corrected chi connectivity index (χ3v) is 6.55. The fraction of sp³-hybridized carbons (Fsp3) is 0.292. The van der Waals surface area contributed by atoms with E-state index in [2.05, 4.69) is 49.7 Å². The molecule has 0 atom stereocenters. The Balaban J connectivity index is 1.16. The van der Waals surface area contributed by atoms with Gasteiger partial charge in [0.25, 0.3) is 5.91 Å². The number of rotatable bonds is 4. The van der Waals surface area contributed by atoms with Gasteiger partial charge in [0.05, 0.1) is 41.4 Å². The zero-order chi connectivity index (χ0) is 22.4. The molecule has 0 unspecified atom stereocenters. The monoisotopic (exact) mass is 440 g/mol. The van der Waals surface area contributed by atoms with Gasteiger partial charge in [-0.3, -0.25) is 9.89 Å². The Bertz CT molecular complexity index is 1310. The fourth-order valence-electron chi connectivity index (χ4n) is 4.81. The van der Waals surface area contributed by atoms with Crippen LogP contribution in [0.4, 0.5) is 5.95 Å². The summed E-state index contributed by atoms with van der Waals surface area (Å²) in [5, 5.41) is 10.6. The SMILES string of the molecule is Cn1cncc1-c1[nH]ncc1C(=O)N1CCc2nc(NC3Cc4ccccc4C3)ncc2C1. The lowest BCUT2D eigenvalue weighted by molar-refractivity contribution is 0.0734. The van der Waals surface area contributed by atoms with E-state index in [1.807, 2.05) is 22.7 Å². The van der Waals surface area contributed by atoms with E-state index in [0.29, 0.717) is 42.8 Å². The van der Waals surface area contributed by atoms with Gasteiger partial charge < -0.3 is 14.8 Å². The highest BCUT2D eigenvalue weighted by atomic mass is 16.2. The number of aromatic nitrogens is 6. The van der Waals surface area contributed by atoms with E-state index < -0.39 is 0 Å². The largest absolute Gasteiger partial charge is 0.351 e. The van der Waals surface area contributed by atoms with Crippen LogP contribution < -0.4 is 5.32 Å². The number of nitrogens with one attached hydrogen (secondary N) is 2. The second-order valence-electron chi connectivity index (χ2n) is 8.71. The van der Waals surface area contributed by atoms with Gasteiger partial charge in [0, 0.05) is 44.4 Å². The third kappa shape index (κ3) is 3.55. The summed E-state index contributed by atoms with van der Waals surface area (Å²) in [5.41, 5.74) is 6.83. The van der Waals surface area contributed by atoms with Gasteiger partial charge in [-0.15, -0.1) is 0 Å². The van der Waals surface area contributed by atoms with Crippen molar-refractivity contribution in [1.29, 1.82) is 0 Å². The molecule has 1 aliphatic heterocycles. The molecule has 4 heterocycles. The van der Waals surface area contributed by atoms with Crippen molar-refractivity contribution in [2.24, 2.45) is 7.05 Å². The number of benzene rings is 1. The van der Waals surface area contributed by atoms with Crippen molar-refractivity contribution in [3.63, 3.8) is 0 Å². The number of hydrogen-bond donors (Lipinski definition) is 2. The minimum absolute atomic E-state index is 0.0588. The highest BCUT2D eigenvalue weighted by molar-refractivity contribution is 5.99. The van der Waals surface area contributed by atoms with Crippen LogP contribution in [0.25, 0.3) is 11.4 Å². The number of anilines is 1. The molecule has 1 aliphatic carbocycles. The summed E-state index contributed by atoms with van der Waals surface area (Å²) in [6.07, 6.45) is 9.54. The number of fused-ring (bicyclic) bond motifs is 2. The molecule has 0 bridgehead atoms. The number of hydrogen-bond acceptors (Lipinski definition) is 6. The van der Waals surface area contributed by atoms with Gasteiger partial charge >= 0.3 is 0 Å². The molecule has 166 valence electrons. The van der Waals surface area contributed by atoms with Crippen molar-refractivity contribution in [2.45, 2.75) is 31.8 Å². The number of carbonyl (C=O) groups is 1. The Kier molecular flexibility index (Phi) is 4.67. The molecule has 1 amide bonds. The zero-order valence-electron chi connectivity index (χ0n) is 18.3. The van der Waals surface area contributed by atoms with Crippen molar-refractivity contribution < 1.29 is 4.79 Å². The van der Waals surface area contributed by atoms with Crippen LogP contribution in [0.3, 0.4) is 0 Å². The number of carbonyl (C=O) groups excluding carboxylic acids is 1. The van der Waals surface area contributed by atoms with Crippen LogP contribution in [-0.2, 0) is 32.9 Å². The van der Waals surface area contributed by atoms with Gasteiger partial charge in [-0.25, -0.2) is 15.0 Å². The predicted octanol–water partition coefficient (Wildman–Crippen LogP) is 2.38. The Hall–Kier alpha value is -4.01. The molecule has 0 fully saturated rings. The number of imidazole rings is 1. The average molecular weight is 441 g/mol. The van der Waals surface area contributed by atoms with Crippen LogP contribution in [0.15, 0.2) is 49.2 Å². The molecule has 0 saturated heterocycles. The second kappa shape index (κ2) is 7.84. The quantitative estimate of drug-likeness (QED) is 0.505. The third-order valence-electron chi connectivity index (χ3n) is 6.55. The maximum Gasteiger partial charge on any atom is 0.258 e. The van der Waals surface area contributed by atoms with Gasteiger partial charge in [0.1, 0.15) is 0 Å². The van der Waals surface area contributed by atoms with Crippen molar-refractivity contribution in [3.05, 3.63) is 77.1 Å². The predicted molar refractivity (Wildman–Crippen MR) is 123 cm³/mol. The highest BCUT2D eigenvalue weighted by Crippen LogP contribution is 2.26. The number of amides is 1. The molecule has 9 heteroatoms. The van der Waals surface area contributed by atoms with Crippen LogP contribution in [0.5, 0.6) is 0 Å². The number of nitrogens with zero attached hydrogens (tertiary/aromatic N) is 6. The smallest absolute Gasteiger partial charge is 0.258 e. The normalized spacial score (nSPS) is 15.4. The van der Waals surface area contributed by atoms with Gasteiger partial charge in [0.15, 0.2) is 0 Å². The van der Waals surface area contributed by atoms with E-state index in [9.17, 15) is 4.79 Å². The van der Waals surface area contributed by atoms with Crippen LogP contribution in [0.2, 0.25) is 0 Å². The minimum atomic E-state index is -0.0588. The Morgan fingerprint density at radius 1 is 1.12 bits per heavy atom. The second-order valence-corrected chi connectivity index (χ2v) is 8.71. The topological polar surface area (TPSA) is 105 Å². The molecule has 2 N–H and O–H groups in total. The van der Waals surface area contributed by atoms with E-state index in [0.717, 1.165) is 29.8 Å². The summed E-state index contributed by atoms with van der Waals surface area (Å²) in [4.78, 5) is 28.6. The van der Waals surface area contributed by atoms with Crippen LogP contribution in [-0.4, -0.2) is 53.1 Å². The maximum absolute atomic E-state index is 13.3. The van der Waals surface area contributed by atoms with Gasteiger partial charge in [0.2, 0.25) is 5.95 Å². The summed E-state index contributed by atoms with van der Waals surface area (Å²) < 4.78 is 1.86. The Morgan fingerprint density at radius 2 is 1.94 bits per heavy atom. The first-order valence-corrected chi connectivity index (χ1v) is 11.1. The number of aryl methyl sites for hydroxylation is 1. The lowest BCUT2D eigenvalue weighted by atomic mass is 10.1. The highest BCUT2D eigenvalue weighted by Gasteiger charge is 2.27. The molecule has 4 aromatic rings. The van der Waals surface area contributed by atoms with Crippen LogP contribution in [0, 0.1) is 0 Å². The molecule has 3 aromatic heterocycles. The van der Waals surface area contributed by atoms with E-state index in [1.54, 1.807) is 18.7 Å². The van der Waals surface area contributed by atoms with E-state index in [1.165, 1.54) is 11.1 Å². The summed E-state index contributed by atoms with van der Waals surface area (Å²) in [5.74, 6) is 0.608. The van der Waals surface area contributed by atoms with E-state index >= 15 is 0 Å². The summed E-state index contributed by atoms with van der Waals surface area (Å²) >= 11 is 0. The lowest BCUT2D eigenvalue weighted by Gasteiger charge is -2.28. The first-order chi connectivity index (χ1) is 16.2. The number of aromatic amines is 1. The molecular weight excluding hydrogens is 416 g/mol. The minimum Gasteiger partial charge on any atom is -0.351 e. The molecular formula is C24H24N8O. The van der Waals surface area contributed by atoms with E-state index in [4.69, 9.17) is 4.98 Å². The van der Waals surface area contributed by atoms with Gasteiger partial charge in [-0.2, -0.15) is 5.10 Å². The standard InChI is InChI=1S/C24H24N8O/c1-31-14-25-12-21(31)22-19(11-27-30-22)23(33)32-7-6-20-17(13-32)10-26-24(29-20)28-18-8-15-4-2-3-5-16(15)9-18/h2-5,10-12,14,18H,6-9,13H2,1H3,(H,27,30)(H,26,28,29). The fourth-order valence-corrected chi connectivity index (χ4v) is 4.81. The molecule has 6 rings (SSSR count).